The first-order valence-electron chi connectivity index (χ1n) is 6.31. The Morgan fingerprint density at radius 1 is 1.39 bits per heavy atom. The van der Waals surface area contributed by atoms with Crippen LogP contribution in [0.5, 0.6) is 0 Å². The molecule has 104 valence electrons. The monoisotopic (exact) mass is 275 g/mol. The van der Waals surface area contributed by atoms with Crippen molar-refractivity contribution >= 4 is 15.9 Å². The van der Waals surface area contributed by atoms with Gasteiger partial charge in [0.15, 0.2) is 0 Å². The summed E-state index contributed by atoms with van der Waals surface area (Å²) < 4.78 is 23.4. The molecular weight excluding hydrogens is 254 g/mol. The molecule has 0 spiro atoms. The number of carbonyl (C=O) groups excluding carboxylic acids is 1. The molecule has 1 heterocycles. The van der Waals surface area contributed by atoms with Crippen LogP contribution in [0, 0.1) is 0 Å². The Labute approximate surface area is 108 Å². The van der Waals surface area contributed by atoms with Crippen molar-refractivity contribution < 1.29 is 13.2 Å². The predicted molar refractivity (Wildman–Crippen MR) is 68.6 cm³/mol. The number of sulfonamides is 1. The molecule has 2 rings (SSSR count). The van der Waals surface area contributed by atoms with Crippen LogP contribution in [-0.2, 0) is 14.8 Å². The van der Waals surface area contributed by atoms with E-state index < -0.39 is 10.0 Å². The Morgan fingerprint density at radius 3 is 2.61 bits per heavy atom. The summed E-state index contributed by atoms with van der Waals surface area (Å²) in [6.45, 7) is 1.84. The van der Waals surface area contributed by atoms with Gasteiger partial charge in [-0.25, -0.2) is 8.42 Å². The zero-order valence-corrected chi connectivity index (χ0v) is 11.7. The van der Waals surface area contributed by atoms with Crippen molar-refractivity contribution in [1.82, 2.24) is 14.5 Å². The maximum Gasteiger partial charge on any atom is 0.235 e. The first kappa shape index (κ1) is 13.8. The normalized spacial score (nSPS) is 25.6. The third-order valence-electron chi connectivity index (χ3n) is 3.58. The van der Waals surface area contributed by atoms with E-state index >= 15 is 0 Å². The number of carbonyl (C=O) groups is 1. The zero-order chi connectivity index (χ0) is 13.3. The second-order valence-corrected chi connectivity index (χ2v) is 7.39. The van der Waals surface area contributed by atoms with Gasteiger partial charge in [-0.15, -0.1) is 0 Å². The molecule has 0 aromatic carbocycles. The molecule has 1 amide bonds. The molecular formula is C11H21N3O3S. The zero-order valence-electron chi connectivity index (χ0n) is 10.9. The number of amides is 1. The van der Waals surface area contributed by atoms with Crippen LogP contribution in [0.15, 0.2) is 0 Å². The highest BCUT2D eigenvalue weighted by molar-refractivity contribution is 7.88. The van der Waals surface area contributed by atoms with Gasteiger partial charge in [-0.2, -0.15) is 4.31 Å². The van der Waals surface area contributed by atoms with Crippen LogP contribution < -0.4 is 5.32 Å². The fourth-order valence-electron chi connectivity index (χ4n) is 2.27. The van der Waals surface area contributed by atoms with Crippen LogP contribution in [0.3, 0.4) is 0 Å². The van der Waals surface area contributed by atoms with E-state index in [0.717, 1.165) is 36.1 Å². The van der Waals surface area contributed by atoms with E-state index in [1.807, 2.05) is 0 Å². The van der Waals surface area contributed by atoms with Crippen molar-refractivity contribution in [2.45, 2.75) is 31.3 Å². The van der Waals surface area contributed by atoms with Crippen LogP contribution >= 0.6 is 0 Å². The minimum atomic E-state index is -3.28. The molecule has 7 heteroatoms. The molecule has 2 aliphatic rings. The van der Waals surface area contributed by atoms with Crippen LogP contribution in [0.2, 0.25) is 0 Å². The van der Waals surface area contributed by atoms with Gasteiger partial charge in [0.05, 0.1) is 12.8 Å². The molecule has 1 saturated heterocycles. The third kappa shape index (κ3) is 3.66. The maximum absolute atomic E-state index is 11.7. The minimum absolute atomic E-state index is 0.0985. The Hall–Kier alpha value is -0.660. The van der Waals surface area contributed by atoms with Crippen molar-refractivity contribution in [3.05, 3.63) is 0 Å². The molecule has 2 fully saturated rings. The Bertz CT molecular complexity index is 419. The van der Waals surface area contributed by atoms with Crippen LogP contribution in [0.1, 0.15) is 19.3 Å². The van der Waals surface area contributed by atoms with E-state index in [-0.39, 0.29) is 18.5 Å². The Kier molecular flexibility index (Phi) is 3.93. The fraction of sp³-hybridized carbons (Fsp3) is 0.909. The van der Waals surface area contributed by atoms with Gasteiger partial charge in [0, 0.05) is 32.2 Å². The average Bonchev–Trinajstić information content (AvgIpc) is 2.99. The maximum atomic E-state index is 11.7. The first-order chi connectivity index (χ1) is 8.36. The van der Waals surface area contributed by atoms with Gasteiger partial charge in [0.25, 0.3) is 0 Å². The van der Waals surface area contributed by atoms with E-state index in [0.29, 0.717) is 0 Å². The standard InChI is InChI=1S/C11H21N3O3S/c1-13(18(2,16)17)8-11(15)12-9-5-6-14(7-9)10-3-4-10/h9-10H,3-8H2,1-2H3,(H,12,15). The first-order valence-corrected chi connectivity index (χ1v) is 8.16. The van der Waals surface area contributed by atoms with Crippen LogP contribution in [0.4, 0.5) is 0 Å². The second-order valence-electron chi connectivity index (χ2n) is 5.30. The summed E-state index contributed by atoms with van der Waals surface area (Å²) in [6, 6.07) is 0.900. The van der Waals surface area contributed by atoms with E-state index in [1.54, 1.807) is 0 Å². The summed E-state index contributed by atoms with van der Waals surface area (Å²) in [7, 11) is -1.87. The molecule has 1 N–H and O–H groups in total. The topological polar surface area (TPSA) is 69.7 Å². The molecule has 18 heavy (non-hydrogen) atoms. The number of nitrogens with one attached hydrogen (secondary N) is 1. The van der Waals surface area contributed by atoms with Crippen molar-refractivity contribution in [3.63, 3.8) is 0 Å². The number of nitrogens with zero attached hydrogens (tertiary/aromatic N) is 2. The molecule has 0 bridgehead atoms. The highest BCUT2D eigenvalue weighted by atomic mass is 32.2. The quantitative estimate of drug-likeness (QED) is 0.715. The molecule has 6 nitrogen and oxygen atoms in total. The third-order valence-corrected chi connectivity index (χ3v) is 4.84. The summed E-state index contributed by atoms with van der Waals surface area (Å²) in [6.07, 6.45) is 4.62. The van der Waals surface area contributed by atoms with Gasteiger partial charge in [-0.3, -0.25) is 9.69 Å². The summed E-state index contributed by atoms with van der Waals surface area (Å²) in [5.41, 5.74) is 0. The molecule has 1 atom stereocenters. The van der Waals surface area contributed by atoms with E-state index in [4.69, 9.17) is 0 Å². The number of hydrogen-bond acceptors (Lipinski definition) is 4. The van der Waals surface area contributed by atoms with Gasteiger partial charge in [0.1, 0.15) is 0 Å². The fourth-order valence-corrected chi connectivity index (χ4v) is 2.62. The number of likely N-dealkylation sites (N-methyl/N-ethyl adjacent to an activating group) is 1. The largest absolute Gasteiger partial charge is 0.351 e. The smallest absolute Gasteiger partial charge is 0.235 e. The van der Waals surface area contributed by atoms with Crippen molar-refractivity contribution in [2.24, 2.45) is 0 Å². The Balaban J connectivity index is 1.74. The minimum Gasteiger partial charge on any atom is -0.351 e. The van der Waals surface area contributed by atoms with Gasteiger partial charge in [0.2, 0.25) is 15.9 Å². The summed E-state index contributed by atoms with van der Waals surface area (Å²) >= 11 is 0. The van der Waals surface area contributed by atoms with Gasteiger partial charge in [-0.05, 0) is 19.3 Å². The summed E-state index contributed by atoms with van der Waals surface area (Å²) in [4.78, 5) is 14.1. The van der Waals surface area contributed by atoms with E-state index in [2.05, 4.69) is 10.2 Å². The summed E-state index contributed by atoms with van der Waals surface area (Å²) in [5, 5.41) is 2.91. The van der Waals surface area contributed by atoms with Crippen molar-refractivity contribution in [3.8, 4) is 0 Å². The molecule has 1 unspecified atom stereocenters. The number of likely N-dealkylation sites (tertiary alicyclic amines) is 1. The molecule has 0 aromatic heterocycles. The van der Waals surface area contributed by atoms with Crippen molar-refractivity contribution in [1.29, 1.82) is 0 Å². The summed E-state index contributed by atoms with van der Waals surface area (Å²) in [5.74, 6) is -0.217. The molecule has 1 saturated carbocycles. The SMILES string of the molecule is CN(CC(=O)NC1CCN(C2CC2)C1)S(C)(=O)=O. The van der Waals surface area contributed by atoms with Gasteiger partial charge in [-0.1, -0.05) is 0 Å². The highest BCUT2D eigenvalue weighted by Gasteiger charge is 2.34. The lowest BCUT2D eigenvalue weighted by atomic mass is 10.2. The predicted octanol–water partition coefficient (Wildman–Crippen LogP) is -0.769. The average molecular weight is 275 g/mol. The van der Waals surface area contributed by atoms with Crippen molar-refractivity contribution in [2.75, 3.05) is 32.9 Å². The number of hydrogen-bond donors (Lipinski definition) is 1. The lowest BCUT2D eigenvalue weighted by Crippen LogP contribution is -2.43. The van der Waals surface area contributed by atoms with E-state index in [9.17, 15) is 13.2 Å². The molecule has 1 aliphatic heterocycles. The lowest BCUT2D eigenvalue weighted by Gasteiger charge is -2.18. The van der Waals surface area contributed by atoms with Crippen LogP contribution in [0.25, 0.3) is 0 Å². The lowest BCUT2D eigenvalue weighted by molar-refractivity contribution is -0.121. The number of rotatable bonds is 5. The highest BCUT2D eigenvalue weighted by Crippen LogP contribution is 2.29. The van der Waals surface area contributed by atoms with Gasteiger partial charge < -0.3 is 5.32 Å². The molecule has 0 aromatic rings. The van der Waals surface area contributed by atoms with E-state index in [1.165, 1.54) is 19.9 Å². The second kappa shape index (κ2) is 5.14. The molecule has 0 radical (unpaired) electrons. The molecule has 1 aliphatic carbocycles. The Morgan fingerprint density at radius 2 is 2.06 bits per heavy atom. The van der Waals surface area contributed by atoms with Crippen LogP contribution in [-0.4, -0.2) is 68.6 Å². The van der Waals surface area contributed by atoms with Gasteiger partial charge >= 0.3 is 0 Å².